The summed E-state index contributed by atoms with van der Waals surface area (Å²) in [5.74, 6) is -0.913. The predicted molar refractivity (Wildman–Crippen MR) is 97.5 cm³/mol. The molecule has 0 saturated carbocycles. The molecule has 2 aromatic rings. The van der Waals surface area contributed by atoms with Gasteiger partial charge in [-0.3, -0.25) is 4.79 Å². The van der Waals surface area contributed by atoms with Crippen molar-refractivity contribution in [1.82, 2.24) is 4.72 Å². The molecule has 0 bridgehead atoms. The third-order valence-electron chi connectivity index (χ3n) is 3.55. The van der Waals surface area contributed by atoms with Gasteiger partial charge in [0, 0.05) is 17.3 Å². The molecule has 2 N–H and O–H groups in total. The number of amides is 1. The van der Waals surface area contributed by atoms with Crippen LogP contribution in [-0.4, -0.2) is 27.5 Å². The van der Waals surface area contributed by atoms with Gasteiger partial charge in [-0.1, -0.05) is 6.07 Å². The number of aryl methyl sites for hydroxylation is 1. The summed E-state index contributed by atoms with van der Waals surface area (Å²) in [4.78, 5) is 12.3. The average molecular weight is 380 g/mol. The normalized spacial score (nSPS) is 11.5. The number of anilines is 1. The first kappa shape index (κ1) is 19.9. The molecule has 0 fully saturated rings. The lowest BCUT2D eigenvalue weighted by molar-refractivity contribution is 0.102. The zero-order chi connectivity index (χ0) is 19.5. The molecular weight excluding hydrogens is 359 g/mol. The Labute approximate surface area is 152 Å². The second-order valence-corrected chi connectivity index (χ2v) is 7.74. The number of halogens is 1. The fraction of sp³-hybridized carbons (Fsp3) is 0.278. The van der Waals surface area contributed by atoms with E-state index in [-0.39, 0.29) is 22.3 Å². The fourth-order valence-electron chi connectivity index (χ4n) is 2.33. The van der Waals surface area contributed by atoms with Crippen LogP contribution in [0.5, 0.6) is 5.75 Å². The molecule has 2 aromatic carbocycles. The average Bonchev–Trinajstić information content (AvgIpc) is 2.56. The van der Waals surface area contributed by atoms with Gasteiger partial charge in [0.25, 0.3) is 5.91 Å². The predicted octanol–water partition coefficient (Wildman–Crippen LogP) is 3.08. The lowest BCUT2D eigenvalue weighted by Crippen LogP contribution is -2.30. The summed E-state index contributed by atoms with van der Waals surface area (Å²) >= 11 is 0. The standard InChI is InChI=1S/C18H21FN2O4S/c1-11(2)21-26(23,24)17-9-13(6-8-16(17)25-4)18(22)20-15-10-14(19)7-5-12(15)3/h5-11,21H,1-4H3,(H,20,22). The van der Waals surface area contributed by atoms with E-state index in [2.05, 4.69) is 10.0 Å². The van der Waals surface area contributed by atoms with Crippen LogP contribution in [0.1, 0.15) is 29.8 Å². The minimum atomic E-state index is -3.86. The Bertz CT molecular complexity index is 927. The molecule has 0 unspecified atom stereocenters. The topological polar surface area (TPSA) is 84.5 Å². The van der Waals surface area contributed by atoms with Crippen molar-refractivity contribution in [3.63, 3.8) is 0 Å². The zero-order valence-electron chi connectivity index (χ0n) is 15.0. The van der Waals surface area contributed by atoms with E-state index in [9.17, 15) is 17.6 Å². The first-order valence-electron chi connectivity index (χ1n) is 7.92. The molecule has 0 radical (unpaired) electrons. The molecule has 0 heterocycles. The number of hydrogen-bond acceptors (Lipinski definition) is 4. The number of ether oxygens (including phenoxy) is 1. The minimum Gasteiger partial charge on any atom is -0.495 e. The molecule has 0 aliphatic carbocycles. The molecule has 0 aliphatic heterocycles. The number of rotatable bonds is 6. The molecular formula is C18H21FN2O4S. The van der Waals surface area contributed by atoms with Crippen LogP contribution in [0.15, 0.2) is 41.3 Å². The van der Waals surface area contributed by atoms with E-state index in [1.54, 1.807) is 26.8 Å². The van der Waals surface area contributed by atoms with Crippen molar-refractivity contribution in [2.75, 3.05) is 12.4 Å². The van der Waals surface area contributed by atoms with Gasteiger partial charge in [0.1, 0.15) is 16.5 Å². The van der Waals surface area contributed by atoms with Gasteiger partial charge in [0.05, 0.1) is 7.11 Å². The minimum absolute atomic E-state index is 0.110. The van der Waals surface area contributed by atoms with Gasteiger partial charge in [-0.25, -0.2) is 17.5 Å². The lowest BCUT2D eigenvalue weighted by Gasteiger charge is -2.14. The highest BCUT2D eigenvalue weighted by molar-refractivity contribution is 7.89. The highest BCUT2D eigenvalue weighted by Gasteiger charge is 2.22. The first-order valence-corrected chi connectivity index (χ1v) is 9.40. The van der Waals surface area contributed by atoms with Gasteiger partial charge >= 0.3 is 0 Å². The second-order valence-electron chi connectivity index (χ2n) is 6.05. The maximum absolute atomic E-state index is 13.4. The summed E-state index contributed by atoms with van der Waals surface area (Å²) in [6.07, 6.45) is 0. The van der Waals surface area contributed by atoms with Crippen molar-refractivity contribution in [2.45, 2.75) is 31.7 Å². The van der Waals surface area contributed by atoms with Crippen molar-refractivity contribution in [1.29, 1.82) is 0 Å². The van der Waals surface area contributed by atoms with Crippen molar-refractivity contribution in [3.8, 4) is 5.75 Å². The van der Waals surface area contributed by atoms with E-state index in [4.69, 9.17) is 4.74 Å². The highest BCUT2D eigenvalue weighted by atomic mass is 32.2. The van der Waals surface area contributed by atoms with E-state index in [1.165, 1.54) is 37.4 Å². The number of sulfonamides is 1. The Balaban J connectivity index is 2.40. The molecule has 0 spiro atoms. The number of benzene rings is 2. The van der Waals surface area contributed by atoms with Crippen molar-refractivity contribution in [2.24, 2.45) is 0 Å². The number of carbonyl (C=O) groups excluding carboxylic acids is 1. The smallest absolute Gasteiger partial charge is 0.255 e. The zero-order valence-corrected chi connectivity index (χ0v) is 15.8. The van der Waals surface area contributed by atoms with Gasteiger partial charge in [-0.2, -0.15) is 0 Å². The number of methoxy groups -OCH3 is 1. The number of nitrogens with one attached hydrogen (secondary N) is 2. The van der Waals surface area contributed by atoms with Gasteiger partial charge in [-0.05, 0) is 56.7 Å². The summed E-state index contributed by atoms with van der Waals surface area (Å²) in [6, 6.07) is 7.79. The van der Waals surface area contributed by atoms with Crippen LogP contribution >= 0.6 is 0 Å². The summed E-state index contributed by atoms with van der Waals surface area (Å²) in [5.41, 5.74) is 1.11. The molecule has 1 amide bonds. The molecule has 0 saturated heterocycles. The van der Waals surface area contributed by atoms with Gasteiger partial charge < -0.3 is 10.1 Å². The lowest BCUT2D eigenvalue weighted by atomic mass is 10.1. The monoisotopic (exact) mass is 380 g/mol. The Hall–Kier alpha value is -2.45. The van der Waals surface area contributed by atoms with Crippen molar-refractivity contribution < 1.29 is 22.3 Å². The summed E-state index contributed by atoms with van der Waals surface area (Å²) in [7, 11) is -2.51. The van der Waals surface area contributed by atoms with Gasteiger partial charge in [-0.15, -0.1) is 0 Å². The first-order chi connectivity index (χ1) is 12.1. The fourth-order valence-corrected chi connectivity index (χ4v) is 3.77. The Kier molecular flexibility index (Phi) is 5.99. The van der Waals surface area contributed by atoms with Crippen LogP contribution < -0.4 is 14.8 Å². The Morgan fingerprint density at radius 2 is 1.85 bits per heavy atom. The maximum Gasteiger partial charge on any atom is 0.255 e. The third-order valence-corrected chi connectivity index (χ3v) is 5.23. The van der Waals surface area contributed by atoms with Crippen LogP contribution in [0, 0.1) is 12.7 Å². The van der Waals surface area contributed by atoms with E-state index in [0.29, 0.717) is 11.3 Å². The van der Waals surface area contributed by atoms with Crippen LogP contribution in [0.2, 0.25) is 0 Å². The SMILES string of the molecule is COc1ccc(C(=O)Nc2cc(F)ccc2C)cc1S(=O)(=O)NC(C)C. The molecule has 140 valence electrons. The van der Waals surface area contributed by atoms with Crippen LogP contribution in [0.25, 0.3) is 0 Å². The largest absolute Gasteiger partial charge is 0.495 e. The van der Waals surface area contributed by atoms with E-state index in [1.807, 2.05) is 0 Å². The second kappa shape index (κ2) is 7.84. The van der Waals surface area contributed by atoms with Crippen LogP contribution in [-0.2, 0) is 10.0 Å². The summed E-state index contributed by atoms with van der Waals surface area (Å²) in [6.45, 7) is 5.10. The molecule has 0 aromatic heterocycles. The summed E-state index contributed by atoms with van der Waals surface area (Å²) < 4.78 is 45.9. The van der Waals surface area contributed by atoms with Crippen LogP contribution in [0.3, 0.4) is 0 Å². The molecule has 6 nitrogen and oxygen atoms in total. The van der Waals surface area contributed by atoms with E-state index >= 15 is 0 Å². The third kappa shape index (κ3) is 4.59. The summed E-state index contributed by atoms with van der Waals surface area (Å²) in [5, 5.41) is 2.59. The molecule has 26 heavy (non-hydrogen) atoms. The van der Waals surface area contributed by atoms with E-state index in [0.717, 1.165) is 0 Å². The van der Waals surface area contributed by atoms with Crippen molar-refractivity contribution in [3.05, 3.63) is 53.3 Å². The molecule has 0 aliphatic rings. The van der Waals surface area contributed by atoms with Crippen LogP contribution in [0.4, 0.5) is 10.1 Å². The molecule has 2 rings (SSSR count). The van der Waals surface area contributed by atoms with E-state index < -0.39 is 21.7 Å². The van der Waals surface area contributed by atoms with Gasteiger partial charge in [0.15, 0.2) is 0 Å². The number of hydrogen-bond donors (Lipinski definition) is 2. The molecule has 8 heteroatoms. The quantitative estimate of drug-likeness (QED) is 0.807. The Morgan fingerprint density at radius 1 is 1.15 bits per heavy atom. The van der Waals surface area contributed by atoms with Crippen molar-refractivity contribution >= 4 is 21.6 Å². The number of carbonyl (C=O) groups is 1. The van der Waals surface area contributed by atoms with Gasteiger partial charge in [0.2, 0.25) is 10.0 Å². The molecule has 0 atom stereocenters. The Morgan fingerprint density at radius 3 is 2.46 bits per heavy atom. The maximum atomic E-state index is 13.4. The highest BCUT2D eigenvalue weighted by Crippen LogP contribution is 2.26.